The second-order valence-corrected chi connectivity index (χ2v) is 4.87. The monoisotopic (exact) mass is 306 g/mol. The van der Waals surface area contributed by atoms with Crippen LogP contribution >= 0.6 is 15.9 Å². The minimum absolute atomic E-state index is 0.199. The number of rotatable bonds is 5. The van der Waals surface area contributed by atoms with Gasteiger partial charge in [-0.2, -0.15) is 0 Å². The minimum Gasteiger partial charge on any atom is -0.310 e. The summed E-state index contributed by atoms with van der Waals surface area (Å²) in [7, 11) is 0. The summed E-state index contributed by atoms with van der Waals surface area (Å²) in [5, 5.41) is 3.43. The summed E-state index contributed by atoms with van der Waals surface area (Å²) in [6.07, 6.45) is 7.89. The van der Waals surface area contributed by atoms with Crippen LogP contribution in [0.3, 0.4) is 0 Å². The first-order valence-electron chi connectivity index (χ1n) is 5.88. The highest BCUT2D eigenvalue weighted by Crippen LogP contribution is 2.17. The lowest BCUT2D eigenvalue weighted by Crippen LogP contribution is -2.23. The lowest BCUT2D eigenvalue weighted by molar-refractivity contribution is 0.540. The van der Waals surface area contributed by atoms with E-state index in [0.29, 0.717) is 0 Å². The van der Waals surface area contributed by atoms with E-state index in [1.165, 1.54) is 0 Å². The maximum Gasteiger partial charge on any atom is 0.115 e. The van der Waals surface area contributed by atoms with Crippen molar-refractivity contribution in [2.75, 3.05) is 6.54 Å². The van der Waals surface area contributed by atoms with Crippen molar-refractivity contribution in [1.82, 2.24) is 20.3 Å². The van der Waals surface area contributed by atoms with Crippen LogP contribution in [-0.4, -0.2) is 21.5 Å². The molecule has 0 aliphatic carbocycles. The Bertz CT molecular complexity index is 472. The van der Waals surface area contributed by atoms with E-state index in [9.17, 15) is 0 Å². The molecule has 0 aromatic carbocycles. The van der Waals surface area contributed by atoms with Gasteiger partial charge in [0.25, 0.3) is 0 Å². The SMILES string of the molecule is CCNC(Cc1ccc(Br)cn1)c1cncnc1. The molecule has 0 fully saturated rings. The molecule has 2 aromatic rings. The molecule has 1 unspecified atom stereocenters. The molecule has 1 atom stereocenters. The summed E-state index contributed by atoms with van der Waals surface area (Å²) >= 11 is 3.39. The lowest BCUT2D eigenvalue weighted by atomic mass is 10.0. The highest BCUT2D eigenvalue weighted by atomic mass is 79.9. The van der Waals surface area contributed by atoms with E-state index < -0.39 is 0 Å². The van der Waals surface area contributed by atoms with Crippen LogP contribution in [0.25, 0.3) is 0 Å². The van der Waals surface area contributed by atoms with Crippen LogP contribution in [0.15, 0.2) is 41.5 Å². The maximum absolute atomic E-state index is 4.40. The predicted molar refractivity (Wildman–Crippen MR) is 74.1 cm³/mol. The van der Waals surface area contributed by atoms with E-state index >= 15 is 0 Å². The standard InChI is InChI=1S/C13H15BrN4/c1-2-17-13(10-6-15-9-16-7-10)5-12-4-3-11(14)8-18-12/h3-4,6-9,13,17H,2,5H2,1H3. The Labute approximate surface area is 115 Å². The molecule has 94 valence electrons. The number of likely N-dealkylation sites (N-methyl/N-ethyl adjacent to an activating group) is 1. The first kappa shape index (κ1) is 13.1. The Balaban J connectivity index is 2.14. The van der Waals surface area contributed by atoms with E-state index in [0.717, 1.165) is 28.7 Å². The molecule has 0 radical (unpaired) electrons. The number of halogens is 1. The molecule has 2 heterocycles. The Morgan fingerprint density at radius 1 is 1.22 bits per heavy atom. The maximum atomic E-state index is 4.40. The summed E-state index contributed by atoms with van der Waals surface area (Å²) in [6.45, 7) is 2.99. The van der Waals surface area contributed by atoms with E-state index in [4.69, 9.17) is 0 Å². The summed E-state index contributed by atoms with van der Waals surface area (Å²) in [4.78, 5) is 12.5. The third-order valence-electron chi connectivity index (χ3n) is 2.64. The Hall–Kier alpha value is -1.33. The van der Waals surface area contributed by atoms with Crippen molar-refractivity contribution in [2.45, 2.75) is 19.4 Å². The molecule has 5 heteroatoms. The summed E-state index contributed by atoms with van der Waals surface area (Å²) < 4.78 is 0.995. The lowest BCUT2D eigenvalue weighted by Gasteiger charge is -2.17. The zero-order chi connectivity index (χ0) is 12.8. The van der Waals surface area contributed by atoms with E-state index in [1.54, 1.807) is 6.33 Å². The van der Waals surface area contributed by atoms with E-state index in [2.05, 4.69) is 43.1 Å². The van der Waals surface area contributed by atoms with Gasteiger partial charge in [-0.3, -0.25) is 4.98 Å². The number of nitrogens with zero attached hydrogens (tertiary/aromatic N) is 3. The first-order chi connectivity index (χ1) is 8.79. The third kappa shape index (κ3) is 3.58. The summed E-state index contributed by atoms with van der Waals surface area (Å²) in [5.74, 6) is 0. The van der Waals surface area contributed by atoms with Crippen molar-refractivity contribution in [3.8, 4) is 0 Å². The van der Waals surface area contributed by atoms with Gasteiger partial charge < -0.3 is 5.32 Å². The topological polar surface area (TPSA) is 50.7 Å². The van der Waals surface area contributed by atoms with Crippen molar-refractivity contribution in [3.05, 3.63) is 52.8 Å². The van der Waals surface area contributed by atoms with Gasteiger partial charge in [-0.1, -0.05) is 6.92 Å². The molecule has 0 aliphatic heterocycles. The smallest absolute Gasteiger partial charge is 0.115 e. The molecule has 0 aliphatic rings. The van der Waals surface area contributed by atoms with Crippen LogP contribution in [0.5, 0.6) is 0 Å². The first-order valence-corrected chi connectivity index (χ1v) is 6.67. The second-order valence-electron chi connectivity index (χ2n) is 3.95. The Morgan fingerprint density at radius 2 is 2.00 bits per heavy atom. The molecule has 0 amide bonds. The van der Waals surface area contributed by atoms with Gasteiger partial charge in [0.15, 0.2) is 0 Å². The number of aromatic nitrogens is 3. The molecular weight excluding hydrogens is 292 g/mol. The second kappa shape index (κ2) is 6.56. The zero-order valence-electron chi connectivity index (χ0n) is 10.2. The van der Waals surface area contributed by atoms with Gasteiger partial charge in [-0.15, -0.1) is 0 Å². The molecule has 4 nitrogen and oxygen atoms in total. The van der Waals surface area contributed by atoms with Crippen LogP contribution in [0.4, 0.5) is 0 Å². The fourth-order valence-corrected chi connectivity index (χ4v) is 2.02. The number of nitrogens with one attached hydrogen (secondary N) is 1. The Morgan fingerprint density at radius 3 is 2.61 bits per heavy atom. The molecule has 0 saturated heterocycles. The van der Waals surface area contributed by atoms with Crippen molar-refractivity contribution >= 4 is 15.9 Å². The van der Waals surface area contributed by atoms with Crippen LogP contribution in [-0.2, 0) is 6.42 Å². The zero-order valence-corrected chi connectivity index (χ0v) is 11.8. The third-order valence-corrected chi connectivity index (χ3v) is 3.10. The van der Waals surface area contributed by atoms with Gasteiger partial charge in [0.05, 0.1) is 0 Å². The van der Waals surface area contributed by atoms with Crippen molar-refractivity contribution in [1.29, 1.82) is 0 Å². The highest BCUT2D eigenvalue weighted by molar-refractivity contribution is 9.10. The number of hydrogen-bond acceptors (Lipinski definition) is 4. The normalized spacial score (nSPS) is 12.3. The van der Waals surface area contributed by atoms with Gasteiger partial charge in [0.1, 0.15) is 6.33 Å². The van der Waals surface area contributed by atoms with Crippen LogP contribution in [0.1, 0.15) is 24.2 Å². The molecule has 0 spiro atoms. The van der Waals surface area contributed by atoms with E-state index in [-0.39, 0.29) is 6.04 Å². The predicted octanol–water partition coefficient (Wildman–Crippen LogP) is 2.53. The fraction of sp³-hybridized carbons (Fsp3) is 0.308. The van der Waals surface area contributed by atoms with Gasteiger partial charge in [0, 0.05) is 46.8 Å². The average molecular weight is 307 g/mol. The highest BCUT2D eigenvalue weighted by Gasteiger charge is 2.12. The molecule has 2 rings (SSSR count). The summed E-state index contributed by atoms with van der Waals surface area (Å²) in [6, 6.07) is 4.23. The Kier molecular flexibility index (Phi) is 4.78. The van der Waals surface area contributed by atoms with Crippen LogP contribution in [0.2, 0.25) is 0 Å². The van der Waals surface area contributed by atoms with Crippen molar-refractivity contribution < 1.29 is 0 Å². The summed E-state index contributed by atoms with van der Waals surface area (Å²) in [5.41, 5.74) is 2.14. The van der Waals surface area contributed by atoms with Gasteiger partial charge >= 0.3 is 0 Å². The van der Waals surface area contributed by atoms with Gasteiger partial charge in [-0.25, -0.2) is 9.97 Å². The van der Waals surface area contributed by atoms with Crippen molar-refractivity contribution in [2.24, 2.45) is 0 Å². The largest absolute Gasteiger partial charge is 0.310 e. The molecule has 18 heavy (non-hydrogen) atoms. The quantitative estimate of drug-likeness (QED) is 0.922. The minimum atomic E-state index is 0.199. The molecular formula is C13H15BrN4. The van der Waals surface area contributed by atoms with Gasteiger partial charge in [-0.05, 0) is 34.6 Å². The average Bonchev–Trinajstić information content (AvgIpc) is 2.42. The number of pyridine rings is 1. The molecule has 2 aromatic heterocycles. The number of hydrogen-bond donors (Lipinski definition) is 1. The van der Waals surface area contributed by atoms with E-state index in [1.807, 2.05) is 30.7 Å². The molecule has 0 saturated carbocycles. The van der Waals surface area contributed by atoms with Crippen LogP contribution < -0.4 is 5.32 Å². The van der Waals surface area contributed by atoms with Crippen molar-refractivity contribution in [3.63, 3.8) is 0 Å². The molecule has 0 bridgehead atoms. The van der Waals surface area contributed by atoms with Crippen LogP contribution in [0, 0.1) is 0 Å². The molecule has 1 N–H and O–H groups in total. The van der Waals surface area contributed by atoms with Gasteiger partial charge in [0.2, 0.25) is 0 Å². The fourth-order valence-electron chi connectivity index (χ4n) is 1.78.